The summed E-state index contributed by atoms with van der Waals surface area (Å²) in [6.07, 6.45) is 6.18. The predicted molar refractivity (Wildman–Crippen MR) is 108 cm³/mol. The van der Waals surface area contributed by atoms with E-state index in [1.165, 1.54) is 37.1 Å². The number of nitrogens with zero attached hydrogens (tertiary/aromatic N) is 1. The Bertz CT molecular complexity index is 870. The minimum atomic E-state index is -3.37. The number of rotatable bonds is 7. The molecular weight excluding hydrogens is 372 g/mol. The van der Waals surface area contributed by atoms with E-state index in [4.69, 9.17) is 0 Å². The third kappa shape index (κ3) is 4.54. The monoisotopic (exact) mass is 402 g/mol. The van der Waals surface area contributed by atoms with Crippen LogP contribution in [0.4, 0.5) is 5.82 Å². The summed E-state index contributed by atoms with van der Waals surface area (Å²) in [6, 6.07) is 12.3. The zero-order valence-corrected chi connectivity index (χ0v) is 17.1. The Kier molecular flexibility index (Phi) is 5.94. The van der Waals surface area contributed by atoms with Crippen LogP contribution in [-0.2, 0) is 23.1 Å². The molecule has 0 amide bonds. The van der Waals surface area contributed by atoms with Gasteiger partial charge in [0.25, 0.3) is 5.82 Å². The highest BCUT2D eigenvalue weighted by atomic mass is 32.2. The van der Waals surface area contributed by atoms with Crippen molar-refractivity contribution in [3.8, 4) is 0 Å². The van der Waals surface area contributed by atoms with Gasteiger partial charge < -0.3 is 4.90 Å². The third-order valence-electron chi connectivity index (χ3n) is 5.76. The number of likely N-dealkylation sites (tertiary alicyclic amines) is 1. The molecular formula is C21H30N4O2S+2. The van der Waals surface area contributed by atoms with Crippen LogP contribution in [-0.4, -0.2) is 38.9 Å². The van der Waals surface area contributed by atoms with Gasteiger partial charge in [-0.05, 0) is 24.5 Å². The van der Waals surface area contributed by atoms with Gasteiger partial charge >= 0.3 is 0 Å². The van der Waals surface area contributed by atoms with Gasteiger partial charge in [0, 0.05) is 37.6 Å². The molecule has 0 saturated carbocycles. The molecule has 0 radical (unpaired) electrons. The largest absolute Gasteiger partial charge is 0.331 e. The molecule has 7 heteroatoms. The molecule has 1 aromatic carbocycles. The second kappa shape index (κ2) is 8.59. The lowest BCUT2D eigenvalue weighted by molar-refractivity contribution is -0.901. The molecule has 0 unspecified atom stereocenters. The summed E-state index contributed by atoms with van der Waals surface area (Å²) in [5.41, 5.74) is 2.60. The van der Waals surface area contributed by atoms with Crippen molar-refractivity contribution in [3.63, 3.8) is 0 Å². The quantitative estimate of drug-likeness (QED) is 0.728. The highest BCUT2D eigenvalue weighted by molar-refractivity contribution is 7.89. The molecule has 0 bridgehead atoms. The Morgan fingerprint density at radius 2 is 1.61 bits per heavy atom. The maximum Gasteiger partial charge on any atom is 0.272 e. The molecule has 0 spiro atoms. The van der Waals surface area contributed by atoms with Gasteiger partial charge in [-0.3, -0.25) is 5.32 Å². The summed E-state index contributed by atoms with van der Waals surface area (Å²) in [7, 11) is -3.37. The van der Waals surface area contributed by atoms with Crippen molar-refractivity contribution in [2.24, 2.45) is 0 Å². The van der Waals surface area contributed by atoms with Gasteiger partial charge in [0.2, 0.25) is 10.0 Å². The normalized spacial score (nSPS) is 18.6. The number of aromatic amines is 1. The Hall–Kier alpha value is -1.96. The molecule has 2 aromatic rings. The molecule has 4 rings (SSSR count). The number of pyridine rings is 1. The number of H-pyrrole nitrogens is 1. The number of quaternary nitrogens is 1. The Morgan fingerprint density at radius 3 is 2.25 bits per heavy atom. The number of nitrogens with one attached hydrogen (secondary N) is 3. The van der Waals surface area contributed by atoms with Crippen molar-refractivity contribution < 1.29 is 18.3 Å². The minimum absolute atomic E-state index is 0.328. The van der Waals surface area contributed by atoms with Crippen LogP contribution in [0.25, 0.3) is 0 Å². The molecule has 6 nitrogen and oxygen atoms in total. The first-order valence-corrected chi connectivity index (χ1v) is 11.7. The van der Waals surface area contributed by atoms with Crippen molar-refractivity contribution in [2.45, 2.75) is 43.7 Å². The van der Waals surface area contributed by atoms with Gasteiger partial charge in [0.1, 0.15) is 24.2 Å². The highest BCUT2D eigenvalue weighted by Gasteiger charge is 2.28. The molecule has 0 aliphatic carbocycles. The molecule has 2 saturated heterocycles. The topological polar surface area (TPSA) is 68.0 Å². The minimum Gasteiger partial charge on any atom is -0.331 e. The van der Waals surface area contributed by atoms with E-state index in [1.807, 2.05) is 0 Å². The van der Waals surface area contributed by atoms with Crippen LogP contribution in [0, 0.1) is 0 Å². The van der Waals surface area contributed by atoms with Gasteiger partial charge in [0.15, 0.2) is 0 Å². The maximum absolute atomic E-state index is 12.6. The molecule has 150 valence electrons. The Morgan fingerprint density at radius 1 is 0.929 bits per heavy atom. The molecule has 2 aliphatic heterocycles. The van der Waals surface area contributed by atoms with Crippen LogP contribution in [0.15, 0.2) is 47.5 Å². The van der Waals surface area contributed by atoms with E-state index < -0.39 is 10.0 Å². The van der Waals surface area contributed by atoms with Gasteiger partial charge in [0.05, 0.1) is 13.1 Å². The lowest BCUT2D eigenvalue weighted by Gasteiger charge is -2.14. The van der Waals surface area contributed by atoms with E-state index in [2.05, 4.69) is 34.6 Å². The van der Waals surface area contributed by atoms with Crippen LogP contribution < -0.4 is 15.2 Å². The number of benzene rings is 1. The van der Waals surface area contributed by atoms with Gasteiger partial charge in [-0.1, -0.05) is 24.3 Å². The molecule has 28 heavy (non-hydrogen) atoms. The number of aromatic nitrogens is 1. The van der Waals surface area contributed by atoms with E-state index in [0.29, 0.717) is 24.5 Å². The second-order valence-corrected chi connectivity index (χ2v) is 9.79. The van der Waals surface area contributed by atoms with Crippen LogP contribution in [0.2, 0.25) is 0 Å². The maximum atomic E-state index is 12.6. The molecule has 3 heterocycles. The molecule has 0 atom stereocenters. The van der Waals surface area contributed by atoms with Crippen molar-refractivity contribution in [3.05, 3.63) is 53.7 Å². The van der Waals surface area contributed by atoms with E-state index >= 15 is 0 Å². The van der Waals surface area contributed by atoms with Crippen molar-refractivity contribution in [2.75, 3.05) is 31.5 Å². The Balaban J connectivity index is 1.32. The van der Waals surface area contributed by atoms with E-state index in [9.17, 15) is 8.42 Å². The zero-order valence-electron chi connectivity index (χ0n) is 16.3. The summed E-state index contributed by atoms with van der Waals surface area (Å²) in [4.78, 5) is 5.09. The standard InChI is InChI=1S/C21H28N4O2S/c26-28(27,25-13-3-4-14-25)20-9-10-21(23-16-20)22-15-18-5-7-19(8-6-18)17-24-11-1-2-12-24/h5-10,16H,1-4,11-15,17H2,(H,22,23)/p+2. The van der Waals surface area contributed by atoms with Gasteiger partial charge in [-0.2, -0.15) is 4.31 Å². The van der Waals surface area contributed by atoms with E-state index in [-0.39, 0.29) is 0 Å². The molecule has 2 fully saturated rings. The van der Waals surface area contributed by atoms with Crippen LogP contribution in [0.1, 0.15) is 36.8 Å². The average Bonchev–Trinajstić information content (AvgIpc) is 3.42. The smallest absolute Gasteiger partial charge is 0.272 e. The first kappa shape index (κ1) is 19.4. The van der Waals surface area contributed by atoms with E-state index in [0.717, 1.165) is 25.2 Å². The predicted octanol–water partition coefficient (Wildman–Crippen LogP) is 1.08. The average molecular weight is 403 g/mol. The lowest BCUT2D eigenvalue weighted by Crippen LogP contribution is -3.08. The number of sulfonamides is 1. The zero-order chi connectivity index (χ0) is 19.4. The fourth-order valence-corrected chi connectivity index (χ4v) is 5.56. The summed E-state index contributed by atoms with van der Waals surface area (Å²) in [5, 5.41) is 3.33. The number of hydrogen-bond donors (Lipinski definition) is 2. The summed E-state index contributed by atoms with van der Waals surface area (Å²) >= 11 is 0. The molecule has 2 aliphatic rings. The number of hydrogen-bond acceptors (Lipinski definition) is 3. The summed E-state index contributed by atoms with van der Waals surface area (Å²) in [6.45, 7) is 5.65. The molecule has 3 N–H and O–H groups in total. The SMILES string of the molecule is O=S(=O)(c1ccc(NCc2ccc(C[NH+]3CCCC3)cc2)[nH+]c1)N1CCCC1. The Labute approximate surface area is 167 Å². The number of anilines is 1. The van der Waals surface area contributed by atoms with Crippen molar-refractivity contribution in [1.29, 1.82) is 0 Å². The van der Waals surface area contributed by atoms with Gasteiger partial charge in [-0.15, -0.1) is 0 Å². The van der Waals surface area contributed by atoms with E-state index in [1.54, 1.807) is 27.5 Å². The first-order chi connectivity index (χ1) is 13.6. The van der Waals surface area contributed by atoms with Crippen LogP contribution in [0.5, 0.6) is 0 Å². The fraction of sp³-hybridized carbons (Fsp3) is 0.476. The summed E-state index contributed by atoms with van der Waals surface area (Å²) in [5.74, 6) is 0.811. The fourth-order valence-electron chi connectivity index (χ4n) is 4.07. The first-order valence-electron chi connectivity index (χ1n) is 10.3. The third-order valence-corrected chi connectivity index (χ3v) is 7.65. The van der Waals surface area contributed by atoms with Crippen LogP contribution in [0.3, 0.4) is 0 Å². The van der Waals surface area contributed by atoms with Crippen LogP contribution >= 0.6 is 0 Å². The molecule has 1 aromatic heterocycles. The second-order valence-electron chi connectivity index (χ2n) is 7.85. The van der Waals surface area contributed by atoms with Crippen molar-refractivity contribution in [1.82, 2.24) is 4.31 Å². The summed E-state index contributed by atoms with van der Waals surface area (Å²) < 4.78 is 26.7. The van der Waals surface area contributed by atoms with Crippen molar-refractivity contribution >= 4 is 15.8 Å². The van der Waals surface area contributed by atoms with Gasteiger partial charge in [-0.25, -0.2) is 13.4 Å². The lowest BCUT2D eigenvalue weighted by atomic mass is 10.1. The highest BCUT2D eigenvalue weighted by Crippen LogP contribution is 2.20.